The third-order valence-electron chi connectivity index (χ3n) is 4.26. The van der Waals surface area contributed by atoms with Crippen molar-refractivity contribution in [2.24, 2.45) is 5.92 Å². The van der Waals surface area contributed by atoms with Crippen molar-refractivity contribution < 1.29 is 9.84 Å². The molecule has 0 aliphatic heterocycles. The first-order valence-electron chi connectivity index (χ1n) is 7.62. The lowest BCUT2D eigenvalue weighted by atomic mass is 9.79. The van der Waals surface area contributed by atoms with E-state index in [1.807, 2.05) is 12.1 Å². The van der Waals surface area contributed by atoms with Crippen molar-refractivity contribution in [3.8, 4) is 0 Å². The molecular formula is C17H27NO2. The van der Waals surface area contributed by atoms with Crippen LogP contribution in [0.4, 0.5) is 0 Å². The van der Waals surface area contributed by atoms with Gasteiger partial charge in [-0.1, -0.05) is 44.0 Å². The van der Waals surface area contributed by atoms with Crippen LogP contribution in [0.2, 0.25) is 0 Å². The molecule has 20 heavy (non-hydrogen) atoms. The second-order valence-electron chi connectivity index (χ2n) is 6.23. The molecule has 1 aliphatic rings. The Bertz CT molecular complexity index is 421. The monoisotopic (exact) mass is 277 g/mol. The number of nitrogens with one attached hydrogen (secondary N) is 1. The fourth-order valence-corrected chi connectivity index (χ4v) is 3.25. The predicted molar refractivity (Wildman–Crippen MR) is 81.4 cm³/mol. The second-order valence-corrected chi connectivity index (χ2v) is 6.23. The molecule has 2 rings (SSSR count). The summed E-state index contributed by atoms with van der Waals surface area (Å²) in [5.41, 5.74) is 1.95. The van der Waals surface area contributed by atoms with Gasteiger partial charge in [-0.2, -0.15) is 0 Å². The van der Waals surface area contributed by atoms with Crippen LogP contribution in [0.5, 0.6) is 0 Å². The van der Waals surface area contributed by atoms with E-state index in [-0.39, 0.29) is 0 Å². The van der Waals surface area contributed by atoms with Crippen molar-refractivity contribution in [2.45, 2.75) is 51.4 Å². The Morgan fingerprint density at radius 2 is 2.10 bits per heavy atom. The van der Waals surface area contributed by atoms with Crippen LogP contribution in [0.15, 0.2) is 24.3 Å². The minimum atomic E-state index is -0.520. The Hall–Kier alpha value is -0.900. The maximum atomic E-state index is 10.6. The van der Waals surface area contributed by atoms with Gasteiger partial charge in [-0.15, -0.1) is 0 Å². The minimum Gasteiger partial charge on any atom is -0.389 e. The van der Waals surface area contributed by atoms with Crippen LogP contribution >= 0.6 is 0 Å². The standard InChI is InChI=1S/C17H27NO2/c1-14-6-5-9-17(19,10-14)13-18-11-15-7-3-4-8-16(15)12-20-2/h3-4,7-8,14,18-19H,5-6,9-13H2,1-2H3. The molecule has 0 saturated heterocycles. The summed E-state index contributed by atoms with van der Waals surface area (Å²) in [5.74, 6) is 0.635. The summed E-state index contributed by atoms with van der Waals surface area (Å²) in [6.45, 7) is 4.34. The number of benzene rings is 1. The van der Waals surface area contributed by atoms with Crippen LogP contribution in [-0.4, -0.2) is 24.4 Å². The SMILES string of the molecule is COCc1ccccc1CNCC1(O)CCCC(C)C1. The lowest BCUT2D eigenvalue weighted by Gasteiger charge is -2.35. The van der Waals surface area contributed by atoms with E-state index in [0.29, 0.717) is 19.1 Å². The summed E-state index contributed by atoms with van der Waals surface area (Å²) < 4.78 is 5.22. The van der Waals surface area contributed by atoms with E-state index >= 15 is 0 Å². The van der Waals surface area contributed by atoms with E-state index in [2.05, 4.69) is 24.4 Å². The van der Waals surface area contributed by atoms with Gasteiger partial charge in [0.15, 0.2) is 0 Å². The molecule has 1 saturated carbocycles. The molecule has 3 nitrogen and oxygen atoms in total. The molecule has 2 unspecified atom stereocenters. The molecule has 0 heterocycles. The largest absolute Gasteiger partial charge is 0.389 e. The summed E-state index contributed by atoms with van der Waals surface area (Å²) >= 11 is 0. The fraction of sp³-hybridized carbons (Fsp3) is 0.647. The highest BCUT2D eigenvalue weighted by Gasteiger charge is 2.31. The minimum absolute atomic E-state index is 0.520. The summed E-state index contributed by atoms with van der Waals surface area (Å²) in [7, 11) is 1.72. The molecule has 0 aromatic heterocycles. The molecule has 3 heteroatoms. The van der Waals surface area contributed by atoms with Crippen LogP contribution in [0.1, 0.15) is 43.7 Å². The zero-order valence-electron chi connectivity index (χ0n) is 12.7. The highest BCUT2D eigenvalue weighted by molar-refractivity contribution is 5.26. The molecule has 0 amide bonds. The van der Waals surface area contributed by atoms with E-state index in [1.54, 1.807) is 7.11 Å². The van der Waals surface area contributed by atoms with Gasteiger partial charge in [0, 0.05) is 20.2 Å². The maximum absolute atomic E-state index is 10.6. The van der Waals surface area contributed by atoms with Gasteiger partial charge in [0.25, 0.3) is 0 Å². The molecule has 112 valence electrons. The van der Waals surface area contributed by atoms with E-state index in [0.717, 1.165) is 25.8 Å². The third kappa shape index (κ3) is 4.30. The number of aliphatic hydroxyl groups is 1. The van der Waals surface area contributed by atoms with Crippen molar-refractivity contribution in [1.82, 2.24) is 5.32 Å². The molecule has 2 N–H and O–H groups in total. The summed E-state index contributed by atoms with van der Waals surface area (Å²) in [6.07, 6.45) is 4.22. The molecule has 2 atom stereocenters. The number of methoxy groups -OCH3 is 1. The van der Waals surface area contributed by atoms with Crippen LogP contribution in [0.3, 0.4) is 0 Å². The third-order valence-corrected chi connectivity index (χ3v) is 4.26. The predicted octanol–water partition coefficient (Wildman–Crippen LogP) is 2.86. The van der Waals surface area contributed by atoms with Crippen LogP contribution in [0, 0.1) is 5.92 Å². The molecule has 1 aliphatic carbocycles. The van der Waals surface area contributed by atoms with Crippen molar-refractivity contribution in [3.63, 3.8) is 0 Å². The molecule has 1 aromatic carbocycles. The highest BCUT2D eigenvalue weighted by atomic mass is 16.5. The lowest BCUT2D eigenvalue weighted by Crippen LogP contribution is -2.43. The first-order valence-corrected chi connectivity index (χ1v) is 7.62. The number of hydrogen-bond acceptors (Lipinski definition) is 3. The number of ether oxygens (including phenoxy) is 1. The van der Waals surface area contributed by atoms with E-state index in [1.165, 1.54) is 17.5 Å². The lowest BCUT2D eigenvalue weighted by molar-refractivity contribution is -0.0119. The Balaban J connectivity index is 1.86. The van der Waals surface area contributed by atoms with E-state index in [4.69, 9.17) is 4.74 Å². The Morgan fingerprint density at radius 3 is 2.80 bits per heavy atom. The van der Waals surface area contributed by atoms with Gasteiger partial charge in [0.1, 0.15) is 0 Å². The van der Waals surface area contributed by atoms with Crippen molar-refractivity contribution in [1.29, 1.82) is 0 Å². The first kappa shape index (κ1) is 15.5. The van der Waals surface area contributed by atoms with Gasteiger partial charge in [0.2, 0.25) is 0 Å². The van der Waals surface area contributed by atoms with Crippen molar-refractivity contribution >= 4 is 0 Å². The van der Waals surface area contributed by atoms with Crippen LogP contribution < -0.4 is 5.32 Å². The molecule has 1 fully saturated rings. The molecule has 0 spiro atoms. The molecule has 0 radical (unpaired) electrons. The van der Waals surface area contributed by atoms with Crippen LogP contribution in [-0.2, 0) is 17.9 Å². The fourth-order valence-electron chi connectivity index (χ4n) is 3.25. The Morgan fingerprint density at radius 1 is 1.35 bits per heavy atom. The maximum Gasteiger partial charge on any atom is 0.0774 e. The van der Waals surface area contributed by atoms with E-state index < -0.39 is 5.60 Å². The highest BCUT2D eigenvalue weighted by Crippen LogP contribution is 2.31. The summed E-state index contributed by atoms with van der Waals surface area (Å²) in [5, 5.41) is 14.0. The van der Waals surface area contributed by atoms with Crippen LogP contribution in [0.25, 0.3) is 0 Å². The average Bonchev–Trinajstić information content (AvgIpc) is 2.40. The molecule has 0 bridgehead atoms. The van der Waals surface area contributed by atoms with Gasteiger partial charge < -0.3 is 15.2 Å². The average molecular weight is 277 g/mol. The van der Waals surface area contributed by atoms with Gasteiger partial charge in [0.05, 0.1) is 12.2 Å². The van der Waals surface area contributed by atoms with Gasteiger partial charge >= 0.3 is 0 Å². The van der Waals surface area contributed by atoms with Crippen molar-refractivity contribution in [3.05, 3.63) is 35.4 Å². The Kier molecular flexibility index (Phi) is 5.58. The summed E-state index contributed by atoms with van der Waals surface area (Å²) in [4.78, 5) is 0. The number of hydrogen-bond donors (Lipinski definition) is 2. The zero-order chi connectivity index (χ0) is 14.4. The number of rotatable bonds is 6. The zero-order valence-corrected chi connectivity index (χ0v) is 12.7. The van der Waals surface area contributed by atoms with Gasteiger partial charge in [-0.3, -0.25) is 0 Å². The summed E-state index contributed by atoms with van der Waals surface area (Å²) in [6, 6.07) is 8.30. The quantitative estimate of drug-likeness (QED) is 0.840. The Labute approximate surface area is 122 Å². The second kappa shape index (κ2) is 7.21. The normalized spacial score (nSPS) is 26.6. The topological polar surface area (TPSA) is 41.5 Å². The molecule has 1 aromatic rings. The van der Waals surface area contributed by atoms with Gasteiger partial charge in [-0.25, -0.2) is 0 Å². The van der Waals surface area contributed by atoms with E-state index in [9.17, 15) is 5.11 Å². The molecular weight excluding hydrogens is 250 g/mol. The smallest absolute Gasteiger partial charge is 0.0774 e. The first-order chi connectivity index (χ1) is 9.63. The van der Waals surface area contributed by atoms with Crippen molar-refractivity contribution in [2.75, 3.05) is 13.7 Å². The van der Waals surface area contributed by atoms with Gasteiger partial charge in [-0.05, 0) is 29.9 Å².